The maximum Gasteiger partial charge on any atom is 0.328 e. The number of carbonyl (C=O) groups excluding carboxylic acids is 1. The molecule has 2 atom stereocenters. The second-order valence-electron chi connectivity index (χ2n) is 6.33. The van der Waals surface area contributed by atoms with Crippen molar-refractivity contribution in [2.24, 2.45) is 0 Å². The number of aliphatic carboxylic acids is 1. The van der Waals surface area contributed by atoms with E-state index in [1.165, 1.54) is 6.07 Å². The number of ether oxygens (including phenoxy) is 2. The van der Waals surface area contributed by atoms with Crippen LogP contribution in [0, 0.1) is 0 Å². The van der Waals surface area contributed by atoms with Crippen LogP contribution in [0.25, 0.3) is 5.76 Å². The summed E-state index contributed by atoms with van der Waals surface area (Å²) in [7, 11) is 0. The quantitative estimate of drug-likeness (QED) is 0.646. The van der Waals surface area contributed by atoms with E-state index < -0.39 is 24.0 Å². The van der Waals surface area contributed by atoms with E-state index in [0.717, 1.165) is 5.56 Å². The summed E-state index contributed by atoms with van der Waals surface area (Å²) in [5.74, 6) is -1.29. The second-order valence-corrected chi connectivity index (χ2v) is 6.33. The van der Waals surface area contributed by atoms with Gasteiger partial charge in [0.05, 0.1) is 18.8 Å². The standard InChI is InChI=1S/C21H21NO6/c23-17-9-5-4-8-15(17)18-10-11-19(28-18)20(24)22-16(21(25)26)13-27-12-14-6-2-1-3-7-14/h1-10,16,19,23H,11-13H2,(H,22,24)(H,25,26). The SMILES string of the molecule is O=C(O)C(COCc1ccccc1)NC(=O)C1CC=C(c2ccccc2O)O1. The number of carboxylic acids is 1. The molecule has 3 N–H and O–H groups in total. The van der Waals surface area contributed by atoms with Gasteiger partial charge in [-0.25, -0.2) is 4.79 Å². The molecule has 0 aliphatic carbocycles. The minimum absolute atomic E-state index is 0.0486. The highest BCUT2D eigenvalue weighted by molar-refractivity contribution is 5.88. The van der Waals surface area contributed by atoms with E-state index >= 15 is 0 Å². The van der Waals surface area contributed by atoms with Gasteiger partial charge in [0.2, 0.25) is 0 Å². The van der Waals surface area contributed by atoms with Crippen LogP contribution in [0.15, 0.2) is 60.7 Å². The Balaban J connectivity index is 1.52. The predicted molar refractivity (Wildman–Crippen MR) is 101 cm³/mol. The number of hydrogen-bond donors (Lipinski definition) is 3. The first-order chi connectivity index (χ1) is 13.5. The molecule has 1 aliphatic heterocycles. The topological polar surface area (TPSA) is 105 Å². The van der Waals surface area contributed by atoms with Crippen LogP contribution in [0.2, 0.25) is 0 Å². The van der Waals surface area contributed by atoms with Gasteiger partial charge in [0, 0.05) is 6.42 Å². The Morgan fingerprint density at radius 2 is 1.86 bits per heavy atom. The minimum Gasteiger partial charge on any atom is -0.507 e. The van der Waals surface area contributed by atoms with Crippen LogP contribution in [0.1, 0.15) is 17.5 Å². The van der Waals surface area contributed by atoms with E-state index in [-0.39, 0.29) is 25.4 Å². The number of carbonyl (C=O) groups is 2. The van der Waals surface area contributed by atoms with Crippen LogP contribution in [0.3, 0.4) is 0 Å². The smallest absolute Gasteiger partial charge is 0.328 e. The number of carboxylic acid groups (broad SMARTS) is 1. The summed E-state index contributed by atoms with van der Waals surface area (Å²) >= 11 is 0. The number of aromatic hydroxyl groups is 1. The molecule has 7 heteroatoms. The van der Waals surface area contributed by atoms with E-state index in [1.54, 1.807) is 24.3 Å². The maximum absolute atomic E-state index is 12.4. The van der Waals surface area contributed by atoms with Gasteiger partial charge < -0.3 is 25.0 Å². The fraction of sp³-hybridized carbons (Fsp3) is 0.238. The van der Waals surface area contributed by atoms with Crippen molar-refractivity contribution in [1.82, 2.24) is 5.32 Å². The Hall–Kier alpha value is -3.32. The Labute approximate surface area is 162 Å². The first-order valence-corrected chi connectivity index (χ1v) is 8.84. The summed E-state index contributed by atoms with van der Waals surface area (Å²) < 4.78 is 11.0. The zero-order chi connectivity index (χ0) is 19.9. The number of amides is 1. The second kappa shape index (κ2) is 9.05. The molecule has 1 heterocycles. The van der Waals surface area contributed by atoms with Crippen molar-refractivity contribution < 1.29 is 29.3 Å². The lowest BCUT2D eigenvalue weighted by Crippen LogP contribution is -2.47. The average molecular weight is 383 g/mol. The molecule has 1 aliphatic rings. The Morgan fingerprint density at radius 3 is 2.57 bits per heavy atom. The fourth-order valence-corrected chi connectivity index (χ4v) is 2.79. The van der Waals surface area contributed by atoms with Gasteiger partial charge in [-0.3, -0.25) is 4.79 Å². The molecule has 1 amide bonds. The molecule has 0 saturated heterocycles. The third-order valence-electron chi connectivity index (χ3n) is 4.26. The highest BCUT2D eigenvalue weighted by Gasteiger charge is 2.30. The molecule has 0 fully saturated rings. The van der Waals surface area contributed by atoms with Crippen LogP contribution in [0.5, 0.6) is 5.75 Å². The third kappa shape index (κ3) is 4.89. The Morgan fingerprint density at radius 1 is 1.14 bits per heavy atom. The molecule has 7 nitrogen and oxygen atoms in total. The van der Waals surface area contributed by atoms with Crippen molar-refractivity contribution >= 4 is 17.6 Å². The molecular weight excluding hydrogens is 362 g/mol. The molecule has 0 radical (unpaired) electrons. The van der Waals surface area contributed by atoms with Gasteiger partial charge in [-0.2, -0.15) is 0 Å². The van der Waals surface area contributed by atoms with E-state index in [9.17, 15) is 19.8 Å². The molecule has 28 heavy (non-hydrogen) atoms. The Kier molecular flexibility index (Phi) is 6.29. The molecule has 146 valence electrons. The number of phenolic OH excluding ortho intramolecular Hbond substituents is 1. The van der Waals surface area contributed by atoms with Gasteiger partial charge >= 0.3 is 5.97 Å². The number of benzene rings is 2. The molecule has 2 aromatic rings. The number of nitrogens with one attached hydrogen (secondary N) is 1. The molecular formula is C21H21NO6. The van der Waals surface area contributed by atoms with Crippen molar-refractivity contribution in [2.45, 2.75) is 25.2 Å². The molecule has 0 aromatic heterocycles. The van der Waals surface area contributed by atoms with Crippen LogP contribution >= 0.6 is 0 Å². The molecule has 0 bridgehead atoms. The Bertz CT molecular complexity index is 864. The molecule has 3 rings (SSSR count). The van der Waals surface area contributed by atoms with Crippen molar-refractivity contribution in [3.63, 3.8) is 0 Å². The number of hydrogen-bond acceptors (Lipinski definition) is 5. The lowest BCUT2D eigenvalue weighted by atomic mass is 10.1. The lowest BCUT2D eigenvalue weighted by molar-refractivity contribution is -0.145. The fourth-order valence-electron chi connectivity index (χ4n) is 2.79. The molecule has 2 unspecified atom stereocenters. The van der Waals surface area contributed by atoms with Crippen LogP contribution in [-0.4, -0.2) is 40.8 Å². The summed E-state index contributed by atoms with van der Waals surface area (Å²) in [6.45, 7) is 0.0852. The maximum atomic E-state index is 12.4. The van der Waals surface area contributed by atoms with Gasteiger partial charge in [0.15, 0.2) is 12.1 Å². The average Bonchev–Trinajstić information content (AvgIpc) is 3.18. The van der Waals surface area contributed by atoms with Gasteiger partial charge in [-0.15, -0.1) is 0 Å². The number of para-hydroxylation sites is 1. The first kappa shape index (κ1) is 19.4. The van der Waals surface area contributed by atoms with Gasteiger partial charge in [-0.05, 0) is 23.8 Å². The monoisotopic (exact) mass is 383 g/mol. The molecule has 0 saturated carbocycles. The van der Waals surface area contributed by atoms with Gasteiger partial charge in [0.1, 0.15) is 11.5 Å². The normalized spacial score (nSPS) is 16.7. The number of phenols is 1. The molecule has 2 aromatic carbocycles. The summed E-state index contributed by atoms with van der Waals surface area (Å²) in [5, 5.41) is 21.7. The highest BCUT2D eigenvalue weighted by atomic mass is 16.5. The summed E-state index contributed by atoms with van der Waals surface area (Å²) in [6.07, 6.45) is 1.12. The van der Waals surface area contributed by atoms with Gasteiger partial charge in [-0.1, -0.05) is 42.5 Å². The summed E-state index contributed by atoms with van der Waals surface area (Å²) in [4.78, 5) is 23.8. The minimum atomic E-state index is -1.19. The van der Waals surface area contributed by atoms with E-state index in [0.29, 0.717) is 11.3 Å². The highest BCUT2D eigenvalue weighted by Crippen LogP contribution is 2.31. The van der Waals surface area contributed by atoms with Gasteiger partial charge in [0.25, 0.3) is 5.91 Å². The largest absolute Gasteiger partial charge is 0.507 e. The zero-order valence-electron chi connectivity index (χ0n) is 15.1. The third-order valence-corrected chi connectivity index (χ3v) is 4.26. The van der Waals surface area contributed by atoms with Crippen molar-refractivity contribution in [2.75, 3.05) is 6.61 Å². The number of rotatable bonds is 8. The van der Waals surface area contributed by atoms with Crippen LogP contribution < -0.4 is 5.32 Å². The van der Waals surface area contributed by atoms with Crippen molar-refractivity contribution in [3.8, 4) is 5.75 Å². The van der Waals surface area contributed by atoms with Crippen molar-refractivity contribution in [3.05, 3.63) is 71.8 Å². The van der Waals surface area contributed by atoms with Crippen molar-refractivity contribution in [1.29, 1.82) is 0 Å². The van der Waals surface area contributed by atoms with Crippen LogP contribution in [0.4, 0.5) is 0 Å². The van der Waals surface area contributed by atoms with E-state index in [4.69, 9.17) is 9.47 Å². The van der Waals surface area contributed by atoms with E-state index in [1.807, 2.05) is 30.3 Å². The summed E-state index contributed by atoms with van der Waals surface area (Å²) in [5.41, 5.74) is 1.40. The van der Waals surface area contributed by atoms with Crippen LogP contribution in [-0.2, 0) is 25.7 Å². The molecule has 0 spiro atoms. The lowest BCUT2D eigenvalue weighted by Gasteiger charge is -2.18. The first-order valence-electron chi connectivity index (χ1n) is 8.84. The summed E-state index contributed by atoms with van der Waals surface area (Å²) in [6, 6.07) is 14.8. The zero-order valence-corrected chi connectivity index (χ0v) is 15.1. The predicted octanol–water partition coefficient (Wildman–Crippen LogP) is 2.31. The van der Waals surface area contributed by atoms with E-state index in [2.05, 4.69) is 5.32 Å².